The SMILES string of the molecule is CC1OCCC1(O)C1CCCC(S(C)(=O)=O)C1. The fourth-order valence-electron chi connectivity index (χ4n) is 3.27. The van der Waals surface area contributed by atoms with Gasteiger partial charge in [-0.2, -0.15) is 0 Å². The zero-order valence-electron chi connectivity index (χ0n) is 10.6. The Morgan fingerprint density at radius 1 is 1.35 bits per heavy atom. The average molecular weight is 262 g/mol. The van der Waals surface area contributed by atoms with E-state index in [4.69, 9.17) is 4.74 Å². The molecule has 0 aromatic carbocycles. The maximum absolute atomic E-state index is 11.6. The molecule has 0 radical (unpaired) electrons. The van der Waals surface area contributed by atoms with E-state index >= 15 is 0 Å². The molecule has 5 heteroatoms. The summed E-state index contributed by atoms with van der Waals surface area (Å²) >= 11 is 0. The van der Waals surface area contributed by atoms with E-state index in [1.54, 1.807) is 0 Å². The second-order valence-corrected chi connectivity index (χ2v) is 7.90. The van der Waals surface area contributed by atoms with Crippen molar-refractivity contribution in [3.8, 4) is 0 Å². The molecule has 2 fully saturated rings. The average Bonchev–Trinajstić information content (AvgIpc) is 2.60. The molecule has 4 atom stereocenters. The Labute approximate surface area is 103 Å². The van der Waals surface area contributed by atoms with Crippen molar-refractivity contribution in [2.45, 2.75) is 56.0 Å². The van der Waals surface area contributed by atoms with Gasteiger partial charge in [-0.15, -0.1) is 0 Å². The number of sulfone groups is 1. The van der Waals surface area contributed by atoms with Crippen LogP contribution in [0.2, 0.25) is 0 Å². The summed E-state index contributed by atoms with van der Waals surface area (Å²) in [5.74, 6) is 0.0634. The number of rotatable bonds is 2. The fraction of sp³-hybridized carbons (Fsp3) is 1.00. The largest absolute Gasteiger partial charge is 0.387 e. The molecule has 1 saturated carbocycles. The van der Waals surface area contributed by atoms with Gasteiger partial charge in [-0.25, -0.2) is 8.42 Å². The van der Waals surface area contributed by atoms with Crippen molar-refractivity contribution in [1.82, 2.24) is 0 Å². The summed E-state index contributed by atoms with van der Waals surface area (Å²) in [6, 6.07) is 0. The number of ether oxygens (including phenoxy) is 1. The zero-order chi connectivity index (χ0) is 12.7. The lowest BCUT2D eigenvalue weighted by molar-refractivity contribution is -0.0783. The fourth-order valence-corrected chi connectivity index (χ4v) is 4.45. The lowest BCUT2D eigenvalue weighted by Gasteiger charge is -2.39. The second-order valence-electron chi connectivity index (χ2n) is 5.57. The highest BCUT2D eigenvalue weighted by atomic mass is 32.2. The molecule has 0 bridgehead atoms. The second kappa shape index (κ2) is 4.52. The molecular formula is C12H22O4S. The van der Waals surface area contributed by atoms with Gasteiger partial charge >= 0.3 is 0 Å². The Morgan fingerprint density at radius 3 is 2.59 bits per heavy atom. The van der Waals surface area contributed by atoms with Gasteiger partial charge in [0.1, 0.15) is 9.84 Å². The number of hydrogen-bond donors (Lipinski definition) is 1. The third kappa shape index (κ3) is 2.51. The van der Waals surface area contributed by atoms with Crippen molar-refractivity contribution in [2.24, 2.45) is 5.92 Å². The van der Waals surface area contributed by atoms with Gasteiger partial charge < -0.3 is 9.84 Å². The third-order valence-corrected chi connectivity index (χ3v) is 6.15. The van der Waals surface area contributed by atoms with E-state index in [9.17, 15) is 13.5 Å². The minimum atomic E-state index is -2.98. The molecule has 1 N–H and O–H groups in total. The van der Waals surface area contributed by atoms with E-state index in [-0.39, 0.29) is 17.3 Å². The molecular weight excluding hydrogens is 240 g/mol. The molecule has 2 aliphatic rings. The molecule has 1 saturated heterocycles. The van der Waals surface area contributed by atoms with Gasteiger partial charge in [0.05, 0.1) is 17.0 Å². The van der Waals surface area contributed by atoms with Crippen LogP contribution in [0.25, 0.3) is 0 Å². The van der Waals surface area contributed by atoms with Gasteiger partial charge in [0.2, 0.25) is 0 Å². The molecule has 0 aromatic rings. The Hall–Kier alpha value is -0.130. The van der Waals surface area contributed by atoms with E-state index in [0.29, 0.717) is 19.4 Å². The van der Waals surface area contributed by atoms with Gasteiger partial charge in [0.25, 0.3) is 0 Å². The van der Waals surface area contributed by atoms with Crippen molar-refractivity contribution < 1.29 is 18.3 Å². The predicted octanol–water partition coefficient (Wildman–Crippen LogP) is 1.13. The molecule has 1 aliphatic heterocycles. The quantitative estimate of drug-likeness (QED) is 0.810. The van der Waals surface area contributed by atoms with Crippen molar-refractivity contribution in [3.63, 3.8) is 0 Å². The van der Waals surface area contributed by atoms with Crippen molar-refractivity contribution in [2.75, 3.05) is 12.9 Å². The van der Waals surface area contributed by atoms with Crippen LogP contribution in [-0.2, 0) is 14.6 Å². The van der Waals surface area contributed by atoms with Crippen LogP contribution >= 0.6 is 0 Å². The maximum atomic E-state index is 11.6. The summed E-state index contributed by atoms with van der Waals surface area (Å²) in [6.45, 7) is 2.47. The Bertz CT molecular complexity index is 378. The van der Waals surface area contributed by atoms with Gasteiger partial charge in [0.15, 0.2) is 0 Å². The first kappa shape index (κ1) is 13.3. The molecule has 4 unspecified atom stereocenters. The summed E-state index contributed by atoms with van der Waals surface area (Å²) in [5.41, 5.74) is -0.816. The molecule has 4 nitrogen and oxygen atoms in total. The Balaban J connectivity index is 2.12. The molecule has 0 amide bonds. The van der Waals surface area contributed by atoms with Gasteiger partial charge in [-0.3, -0.25) is 0 Å². The molecule has 100 valence electrons. The molecule has 0 aromatic heterocycles. The summed E-state index contributed by atoms with van der Waals surface area (Å²) in [5, 5.41) is 10.4. The first-order valence-electron chi connectivity index (χ1n) is 6.37. The highest BCUT2D eigenvalue weighted by Gasteiger charge is 2.48. The van der Waals surface area contributed by atoms with Crippen LogP contribution in [0, 0.1) is 5.92 Å². The van der Waals surface area contributed by atoms with Crippen molar-refractivity contribution >= 4 is 9.84 Å². The third-order valence-electron chi connectivity index (χ3n) is 4.51. The standard InChI is InChI=1S/C12H22O4S/c1-9-12(13,6-7-16-9)10-4-3-5-11(8-10)17(2,14)15/h9-11,13H,3-8H2,1-2H3. The minimum Gasteiger partial charge on any atom is -0.387 e. The summed E-state index contributed by atoms with van der Waals surface area (Å²) in [7, 11) is -2.98. The highest BCUT2D eigenvalue weighted by Crippen LogP contribution is 2.42. The maximum Gasteiger partial charge on any atom is 0.150 e. The normalized spacial score (nSPS) is 43.8. The topological polar surface area (TPSA) is 63.6 Å². The van der Waals surface area contributed by atoms with Crippen LogP contribution in [0.5, 0.6) is 0 Å². The minimum absolute atomic E-state index is 0.0634. The molecule has 1 aliphatic carbocycles. The van der Waals surface area contributed by atoms with E-state index in [0.717, 1.165) is 19.3 Å². The first-order chi connectivity index (χ1) is 7.84. The van der Waals surface area contributed by atoms with Crippen LogP contribution in [0.15, 0.2) is 0 Å². The van der Waals surface area contributed by atoms with Gasteiger partial charge in [-0.05, 0) is 32.1 Å². The summed E-state index contributed by atoms with van der Waals surface area (Å²) in [4.78, 5) is 0. The van der Waals surface area contributed by atoms with Crippen LogP contribution in [0.4, 0.5) is 0 Å². The predicted molar refractivity (Wildman–Crippen MR) is 65.6 cm³/mol. The first-order valence-corrected chi connectivity index (χ1v) is 8.32. The van der Waals surface area contributed by atoms with Crippen molar-refractivity contribution in [1.29, 1.82) is 0 Å². The van der Waals surface area contributed by atoms with E-state index in [1.807, 2.05) is 6.92 Å². The van der Waals surface area contributed by atoms with Crippen LogP contribution in [0.3, 0.4) is 0 Å². The van der Waals surface area contributed by atoms with Crippen molar-refractivity contribution in [3.05, 3.63) is 0 Å². The van der Waals surface area contributed by atoms with E-state index in [2.05, 4.69) is 0 Å². The highest BCUT2D eigenvalue weighted by molar-refractivity contribution is 7.91. The van der Waals surface area contributed by atoms with Gasteiger partial charge in [-0.1, -0.05) is 6.42 Å². The molecule has 17 heavy (non-hydrogen) atoms. The lowest BCUT2D eigenvalue weighted by atomic mass is 9.73. The lowest BCUT2D eigenvalue weighted by Crippen LogP contribution is -2.47. The smallest absolute Gasteiger partial charge is 0.150 e. The number of aliphatic hydroxyl groups is 1. The molecule has 2 rings (SSSR count). The van der Waals surface area contributed by atoms with Crippen LogP contribution in [-0.4, -0.2) is 43.3 Å². The molecule has 0 spiro atoms. The summed E-state index contributed by atoms with van der Waals surface area (Å²) < 4.78 is 28.7. The van der Waals surface area contributed by atoms with E-state index < -0.39 is 15.4 Å². The molecule has 1 heterocycles. The summed E-state index contributed by atoms with van der Waals surface area (Å²) in [6.07, 6.45) is 4.89. The van der Waals surface area contributed by atoms with Crippen LogP contribution in [0.1, 0.15) is 39.0 Å². The van der Waals surface area contributed by atoms with Gasteiger partial charge in [0, 0.05) is 19.3 Å². The van der Waals surface area contributed by atoms with Crippen LogP contribution < -0.4 is 0 Å². The Kier molecular flexibility index (Phi) is 3.54. The van der Waals surface area contributed by atoms with E-state index in [1.165, 1.54) is 6.26 Å². The monoisotopic (exact) mass is 262 g/mol. The number of hydrogen-bond acceptors (Lipinski definition) is 4. The zero-order valence-corrected chi connectivity index (χ0v) is 11.4. The Morgan fingerprint density at radius 2 is 2.06 bits per heavy atom.